The lowest BCUT2D eigenvalue weighted by Crippen LogP contribution is -2.28. The van der Waals surface area contributed by atoms with Crippen LogP contribution in [0.1, 0.15) is 57.1 Å². The molecule has 1 N–H and O–H groups in total. The summed E-state index contributed by atoms with van der Waals surface area (Å²) in [6, 6.07) is 7.42. The molecule has 21 heavy (non-hydrogen) atoms. The first kappa shape index (κ1) is 16.2. The van der Waals surface area contributed by atoms with E-state index in [-0.39, 0.29) is 5.75 Å². The van der Waals surface area contributed by atoms with Crippen molar-refractivity contribution in [1.82, 2.24) is 5.32 Å². The van der Waals surface area contributed by atoms with E-state index in [1.807, 2.05) is 12.1 Å². The van der Waals surface area contributed by atoms with Crippen LogP contribution in [0.3, 0.4) is 0 Å². The Bertz CT molecular complexity index is 400. The van der Waals surface area contributed by atoms with Crippen LogP contribution in [0.15, 0.2) is 24.3 Å². The Morgan fingerprint density at radius 2 is 1.71 bits per heavy atom. The van der Waals surface area contributed by atoms with E-state index >= 15 is 0 Å². The molecule has 0 aromatic heterocycles. The highest BCUT2D eigenvalue weighted by atomic mass is 19.3. The second-order valence-electron chi connectivity index (χ2n) is 5.73. The van der Waals surface area contributed by atoms with Gasteiger partial charge in [-0.15, -0.1) is 0 Å². The van der Waals surface area contributed by atoms with E-state index in [1.54, 1.807) is 12.1 Å². The van der Waals surface area contributed by atoms with Crippen LogP contribution in [-0.4, -0.2) is 13.2 Å². The summed E-state index contributed by atoms with van der Waals surface area (Å²) in [5, 5.41) is 3.57. The molecule has 1 aromatic carbocycles. The molecule has 0 amide bonds. The molecule has 0 heterocycles. The van der Waals surface area contributed by atoms with Gasteiger partial charge in [0.2, 0.25) is 0 Å². The van der Waals surface area contributed by atoms with Crippen LogP contribution in [-0.2, 0) is 0 Å². The molecule has 118 valence electrons. The maximum absolute atomic E-state index is 12.2. The van der Waals surface area contributed by atoms with Crippen LogP contribution < -0.4 is 10.1 Å². The van der Waals surface area contributed by atoms with Gasteiger partial charge in [-0.25, -0.2) is 0 Å². The molecular weight excluding hydrogens is 272 g/mol. The van der Waals surface area contributed by atoms with Crippen molar-refractivity contribution in [2.45, 2.75) is 58.1 Å². The highest BCUT2D eigenvalue weighted by molar-refractivity contribution is 5.29. The normalized spacial score (nSPS) is 18.5. The van der Waals surface area contributed by atoms with Crippen LogP contribution in [0, 0.1) is 5.92 Å². The van der Waals surface area contributed by atoms with Gasteiger partial charge in [0.05, 0.1) is 0 Å². The third-order valence-corrected chi connectivity index (χ3v) is 4.26. The lowest BCUT2D eigenvalue weighted by molar-refractivity contribution is -0.0498. The third-order valence-electron chi connectivity index (χ3n) is 4.26. The minimum atomic E-state index is -2.76. The van der Waals surface area contributed by atoms with E-state index in [4.69, 9.17) is 0 Å². The van der Waals surface area contributed by atoms with Gasteiger partial charge in [-0.3, -0.25) is 0 Å². The van der Waals surface area contributed by atoms with Gasteiger partial charge in [0.1, 0.15) is 5.75 Å². The molecule has 1 aliphatic rings. The molecule has 1 fully saturated rings. The second-order valence-corrected chi connectivity index (χ2v) is 5.73. The first-order valence-corrected chi connectivity index (χ1v) is 7.99. The smallest absolute Gasteiger partial charge is 0.387 e. The number of benzene rings is 1. The van der Waals surface area contributed by atoms with Crippen LogP contribution in [0.4, 0.5) is 8.78 Å². The molecule has 4 heteroatoms. The zero-order chi connectivity index (χ0) is 15.1. The Labute approximate surface area is 125 Å². The molecule has 2 rings (SSSR count). The largest absolute Gasteiger partial charge is 0.435 e. The highest BCUT2D eigenvalue weighted by Gasteiger charge is 2.23. The van der Waals surface area contributed by atoms with E-state index in [2.05, 4.69) is 17.0 Å². The fraction of sp³-hybridized carbons (Fsp3) is 0.647. The number of alkyl halides is 2. The van der Waals surface area contributed by atoms with Crippen molar-refractivity contribution in [3.8, 4) is 5.75 Å². The van der Waals surface area contributed by atoms with Crippen LogP contribution in [0.2, 0.25) is 0 Å². The summed E-state index contributed by atoms with van der Waals surface area (Å²) in [6.07, 6.45) is 7.73. The van der Waals surface area contributed by atoms with Crippen LogP contribution in [0.25, 0.3) is 0 Å². The third kappa shape index (κ3) is 4.95. The number of halogens is 2. The summed E-state index contributed by atoms with van der Waals surface area (Å²) in [5.41, 5.74) is 1.17. The van der Waals surface area contributed by atoms with E-state index in [0.717, 1.165) is 6.54 Å². The monoisotopic (exact) mass is 297 g/mol. The predicted octanol–water partition coefficient (Wildman–Crippen LogP) is 4.91. The fourth-order valence-electron chi connectivity index (χ4n) is 3.28. The average molecular weight is 297 g/mol. The topological polar surface area (TPSA) is 21.3 Å². The fourth-order valence-corrected chi connectivity index (χ4v) is 3.28. The molecule has 0 bridgehead atoms. The number of nitrogens with one attached hydrogen (secondary N) is 1. The van der Waals surface area contributed by atoms with E-state index in [9.17, 15) is 8.78 Å². The number of rotatable bonds is 6. The summed E-state index contributed by atoms with van der Waals surface area (Å²) >= 11 is 0. The zero-order valence-corrected chi connectivity index (χ0v) is 12.7. The molecule has 0 aliphatic heterocycles. The SMILES string of the molecule is CCNC(c1ccc(OC(F)F)cc1)C1CCCCCC1. The van der Waals surface area contributed by atoms with Crippen molar-refractivity contribution in [2.75, 3.05) is 6.54 Å². The quantitative estimate of drug-likeness (QED) is 0.753. The lowest BCUT2D eigenvalue weighted by Gasteiger charge is -2.27. The Hall–Kier alpha value is -1.16. The van der Waals surface area contributed by atoms with Gasteiger partial charge >= 0.3 is 6.61 Å². The highest BCUT2D eigenvalue weighted by Crippen LogP contribution is 2.34. The predicted molar refractivity (Wildman–Crippen MR) is 80.7 cm³/mol. The van der Waals surface area contributed by atoms with Crippen LogP contribution in [0.5, 0.6) is 5.75 Å². The van der Waals surface area contributed by atoms with Crippen LogP contribution >= 0.6 is 0 Å². The first-order valence-electron chi connectivity index (χ1n) is 7.99. The van der Waals surface area contributed by atoms with Gasteiger partial charge in [-0.2, -0.15) is 8.78 Å². The molecule has 1 unspecified atom stereocenters. The number of hydrogen-bond donors (Lipinski definition) is 1. The summed E-state index contributed by atoms with van der Waals surface area (Å²) in [6.45, 7) is 0.260. The van der Waals surface area contributed by atoms with E-state index < -0.39 is 6.61 Å². The van der Waals surface area contributed by atoms with E-state index in [1.165, 1.54) is 44.1 Å². The summed E-state index contributed by atoms with van der Waals surface area (Å²) < 4.78 is 28.8. The van der Waals surface area contributed by atoms with Gasteiger partial charge in [-0.05, 0) is 43.0 Å². The van der Waals surface area contributed by atoms with Crippen molar-refractivity contribution in [1.29, 1.82) is 0 Å². The maximum atomic E-state index is 12.2. The van der Waals surface area contributed by atoms with Crippen molar-refractivity contribution < 1.29 is 13.5 Å². The minimum absolute atomic E-state index is 0.227. The average Bonchev–Trinajstić information content (AvgIpc) is 2.74. The van der Waals surface area contributed by atoms with Gasteiger partial charge in [0, 0.05) is 6.04 Å². The van der Waals surface area contributed by atoms with Gasteiger partial charge in [0.15, 0.2) is 0 Å². The molecule has 1 saturated carbocycles. The number of ether oxygens (including phenoxy) is 1. The Balaban J connectivity index is 2.09. The molecule has 0 spiro atoms. The Kier molecular flexibility index (Phi) is 6.43. The van der Waals surface area contributed by atoms with Gasteiger partial charge in [0.25, 0.3) is 0 Å². The molecule has 0 radical (unpaired) electrons. The Morgan fingerprint density at radius 3 is 2.24 bits per heavy atom. The summed E-state index contributed by atoms with van der Waals surface area (Å²) in [7, 11) is 0. The molecule has 2 nitrogen and oxygen atoms in total. The summed E-state index contributed by atoms with van der Waals surface area (Å²) in [5.74, 6) is 0.860. The van der Waals surface area contributed by atoms with Gasteiger partial charge in [-0.1, -0.05) is 44.7 Å². The first-order chi connectivity index (χ1) is 10.2. The molecule has 1 atom stereocenters. The Morgan fingerprint density at radius 1 is 1.10 bits per heavy atom. The lowest BCUT2D eigenvalue weighted by atomic mass is 9.87. The zero-order valence-electron chi connectivity index (χ0n) is 12.7. The van der Waals surface area contributed by atoms with E-state index in [0.29, 0.717) is 12.0 Å². The maximum Gasteiger partial charge on any atom is 0.387 e. The van der Waals surface area contributed by atoms with Gasteiger partial charge < -0.3 is 10.1 Å². The standard InChI is InChI=1S/C17H25F2NO/c1-2-20-16(13-7-5-3-4-6-8-13)14-9-11-15(12-10-14)21-17(18)19/h9-13,16-17,20H,2-8H2,1H3. The van der Waals surface area contributed by atoms with Crippen molar-refractivity contribution in [3.63, 3.8) is 0 Å². The number of hydrogen-bond acceptors (Lipinski definition) is 2. The molecule has 1 aliphatic carbocycles. The molecule has 1 aromatic rings. The minimum Gasteiger partial charge on any atom is -0.435 e. The second kappa shape index (κ2) is 8.32. The van der Waals surface area contributed by atoms with Crippen molar-refractivity contribution in [2.24, 2.45) is 5.92 Å². The van der Waals surface area contributed by atoms with Crippen molar-refractivity contribution in [3.05, 3.63) is 29.8 Å². The summed E-state index contributed by atoms with van der Waals surface area (Å²) in [4.78, 5) is 0. The molecule has 0 saturated heterocycles. The molecular formula is C17H25F2NO. The van der Waals surface area contributed by atoms with Crippen molar-refractivity contribution >= 4 is 0 Å².